The highest BCUT2D eigenvalue weighted by Crippen LogP contribution is 2.13. The Morgan fingerprint density at radius 2 is 2.00 bits per heavy atom. The molecule has 1 aromatic carbocycles. The lowest BCUT2D eigenvalue weighted by atomic mass is 10.2. The average molecular weight is 217 g/mol. The Balaban J connectivity index is 2.51. The molecule has 1 nitrogen and oxygen atoms in total. The van der Waals surface area contributed by atoms with Crippen molar-refractivity contribution in [2.45, 2.75) is 6.92 Å². The third-order valence-corrected chi connectivity index (χ3v) is 2.11. The maximum Gasteiger partial charge on any atom is 0.125 e. The molecule has 0 aromatic heterocycles. The fourth-order valence-electron chi connectivity index (χ4n) is 0.818. The van der Waals surface area contributed by atoms with Gasteiger partial charge in [0.25, 0.3) is 0 Å². The van der Waals surface area contributed by atoms with Gasteiger partial charge in [0, 0.05) is 5.54 Å². The number of hydrogen-bond acceptors (Lipinski definition) is 1. The van der Waals surface area contributed by atoms with Crippen molar-refractivity contribution < 1.29 is 4.74 Å². The summed E-state index contributed by atoms with van der Waals surface area (Å²) < 4.78 is 5.33. The van der Waals surface area contributed by atoms with Gasteiger partial charge in [0.1, 0.15) is 12.4 Å². The zero-order valence-electron chi connectivity index (χ0n) is 7.26. The van der Waals surface area contributed by atoms with Crippen molar-refractivity contribution in [3.05, 3.63) is 40.4 Å². The predicted molar refractivity (Wildman–Crippen MR) is 56.5 cm³/mol. The van der Waals surface area contributed by atoms with Crippen LogP contribution in [0.5, 0.6) is 5.75 Å². The second kappa shape index (κ2) is 5.15. The molecule has 0 unspecified atom stereocenters. The summed E-state index contributed by atoms with van der Waals surface area (Å²) in [5, 5.41) is 0.488. The minimum Gasteiger partial charge on any atom is -0.488 e. The van der Waals surface area contributed by atoms with E-state index >= 15 is 0 Å². The van der Waals surface area contributed by atoms with Crippen LogP contribution < -0.4 is 4.74 Å². The second-order valence-corrected chi connectivity index (χ2v) is 3.36. The predicted octanol–water partition coefficient (Wildman–Crippen LogP) is 3.69. The van der Waals surface area contributed by atoms with Gasteiger partial charge in [-0.3, -0.25) is 0 Å². The Morgan fingerprint density at radius 3 is 2.54 bits per heavy atom. The molecule has 0 N–H and O–H groups in total. The average Bonchev–Trinajstić information content (AvgIpc) is 2.16. The maximum atomic E-state index is 5.65. The zero-order chi connectivity index (χ0) is 9.68. The minimum atomic E-state index is 0.314. The van der Waals surface area contributed by atoms with Crippen LogP contribution in [0.25, 0.3) is 0 Å². The highest BCUT2D eigenvalue weighted by Gasteiger charge is 1.94. The first kappa shape index (κ1) is 10.4. The van der Waals surface area contributed by atoms with Crippen LogP contribution in [-0.4, -0.2) is 6.61 Å². The van der Waals surface area contributed by atoms with Gasteiger partial charge in [-0.05, 0) is 19.1 Å². The molecule has 0 aliphatic carbocycles. The number of hydrogen-bond donors (Lipinski definition) is 0. The van der Waals surface area contributed by atoms with Crippen molar-refractivity contribution in [3.63, 3.8) is 0 Å². The first-order valence-electron chi connectivity index (χ1n) is 3.86. The van der Waals surface area contributed by atoms with Crippen LogP contribution in [0.2, 0.25) is 0 Å². The third-order valence-electron chi connectivity index (χ3n) is 1.52. The van der Waals surface area contributed by atoms with Crippen molar-refractivity contribution >= 4 is 23.2 Å². The largest absolute Gasteiger partial charge is 0.488 e. The summed E-state index contributed by atoms with van der Waals surface area (Å²) in [5.74, 6) is 0.794. The van der Waals surface area contributed by atoms with E-state index in [-0.39, 0.29) is 0 Å². The molecule has 3 heteroatoms. The van der Waals surface area contributed by atoms with E-state index in [9.17, 15) is 0 Å². The fraction of sp³-hybridized carbons (Fsp3) is 0.200. The van der Waals surface area contributed by atoms with Crippen LogP contribution >= 0.6 is 23.2 Å². The van der Waals surface area contributed by atoms with Crippen molar-refractivity contribution in [2.75, 3.05) is 6.61 Å². The summed E-state index contributed by atoms with van der Waals surface area (Å²) in [6, 6.07) is 7.75. The highest BCUT2D eigenvalue weighted by atomic mass is 35.5. The van der Waals surface area contributed by atoms with Gasteiger partial charge >= 0.3 is 0 Å². The summed E-state index contributed by atoms with van der Waals surface area (Å²) in [4.78, 5) is 0. The highest BCUT2D eigenvalue weighted by molar-refractivity contribution is 6.36. The summed E-state index contributed by atoms with van der Waals surface area (Å²) in [5.41, 5.74) is 2.50. The van der Waals surface area contributed by atoms with E-state index in [0.29, 0.717) is 11.6 Å². The molecule has 0 bridgehead atoms. The van der Waals surface area contributed by atoms with Crippen LogP contribution in [0.3, 0.4) is 0 Å². The first-order chi connectivity index (χ1) is 6.22. The topological polar surface area (TPSA) is 9.23 Å². The van der Waals surface area contributed by atoms with Gasteiger partial charge < -0.3 is 4.74 Å². The summed E-state index contributed by atoms with van der Waals surface area (Å²) >= 11 is 11.0. The van der Waals surface area contributed by atoms with Crippen molar-refractivity contribution in [2.24, 2.45) is 0 Å². The van der Waals surface area contributed by atoms with Crippen LogP contribution in [0, 0.1) is 6.92 Å². The van der Waals surface area contributed by atoms with E-state index in [1.807, 2.05) is 31.2 Å². The lowest BCUT2D eigenvalue weighted by Crippen LogP contribution is -1.96. The molecule has 0 atom stereocenters. The standard InChI is InChI=1S/C10H10Cl2O/c1-8-2-4-10(5-3-8)13-7-9(12)6-11/h2-6H,7H2,1H3. The molecule has 0 radical (unpaired) electrons. The minimum absolute atomic E-state index is 0.314. The SMILES string of the molecule is Cc1ccc(OCC(Cl)=CCl)cc1. The van der Waals surface area contributed by atoms with E-state index in [0.717, 1.165) is 5.75 Å². The van der Waals surface area contributed by atoms with Crippen molar-refractivity contribution in [1.29, 1.82) is 0 Å². The molecule has 1 rings (SSSR count). The van der Waals surface area contributed by atoms with E-state index in [4.69, 9.17) is 27.9 Å². The number of aryl methyl sites for hydroxylation is 1. The van der Waals surface area contributed by atoms with Crippen molar-refractivity contribution in [3.8, 4) is 5.75 Å². The molecular formula is C10H10Cl2O. The van der Waals surface area contributed by atoms with Gasteiger partial charge in [-0.2, -0.15) is 0 Å². The van der Waals surface area contributed by atoms with Gasteiger partial charge in [-0.1, -0.05) is 40.9 Å². The van der Waals surface area contributed by atoms with Gasteiger partial charge in [0.15, 0.2) is 0 Å². The molecule has 0 saturated carbocycles. The Bertz CT molecular complexity index is 290. The monoisotopic (exact) mass is 216 g/mol. The molecular weight excluding hydrogens is 207 g/mol. The fourth-order valence-corrected chi connectivity index (χ4v) is 0.936. The quantitative estimate of drug-likeness (QED) is 0.750. The lowest BCUT2D eigenvalue weighted by Gasteiger charge is -2.04. The zero-order valence-corrected chi connectivity index (χ0v) is 8.77. The molecule has 0 saturated heterocycles. The van der Waals surface area contributed by atoms with Gasteiger partial charge in [-0.15, -0.1) is 0 Å². The van der Waals surface area contributed by atoms with Crippen LogP contribution in [0.15, 0.2) is 34.8 Å². The molecule has 13 heavy (non-hydrogen) atoms. The summed E-state index contributed by atoms with van der Waals surface area (Å²) in [6.07, 6.45) is 0. The molecule has 0 amide bonds. The smallest absolute Gasteiger partial charge is 0.125 e. The molecule has 70 valence electrons. The lowest BCUT2D eigenvalue weighted by molar-refractivity contribution is 0.359. The summed E-state index contributed by atoms with van der Waals surface area (Å²) in [6.45, 7) is 2.34. The van der Waals surface area contributed by atoms with Crippen molar-refractivity contribution in [1.82, 2.24) is 0 Å². The number of rotatable bonds is 3. The summed E-state index contributed by atoms with van der Waals surface area (Å²) in [7, 11) is 0. The van der Waals surface area contributed by atoms with E-state index in [1.54, 1.807) is 0 Å². The van der Waals surface area contributed by atoms with Gasteiger partial charge in [0.05, 0.1) is 5.03 Å². The molecule has 0 aliphatic rings. The van der Waals surface area contributed by atoms with Crippen LogP contribution in [0.4, 0.5) is 0 Å². The third kappa shape index (κ3) is 3.71. The van der Waals surface area contributed by atoms with Gasteiger partial charge in [0.2, 0.25) is 0 Å². The molecule has 0 fully saturated rings. The first-order valence-corrected chi connectivity index (χ1v) is 4.68. The number of halogens is 2. The van der Waals surface area contributed by atoms with E-state index < -0.39 is 0 Å². The Hall–Kier alpha value is -0.660. The van der Waals surface area contributed by atoms with E-state index in [1.165, 1.54) is 11.1 Å². The Kier molecular flexibility index (Phi) is 4.13. The molecule has 0 spiro atoms. The maximum absolute atomic E-state index is 5.65. The molecule has 0 aliphatic heterocycles. The second-order valence-electron chi connectivity index (χ2n) is 2.66. The Morgan fingerprint density at radius 1 is 1.38 bits per heavy atom. The van der Waals surface area contributed by atoms with Gasteiger partial charge in [-0.25, -0.2) is 0 Å². The number of benzene rings is 1. The Labute approximate surface area is 87.9 Å². The van der Waals surface area contributed by atoms with E-state index in [2.05, 4.69) is 0 Å². The van der Waals surface area contributed by atoms with Crippen LogP contribution in [0.1, 0.15) is 5.56 Å². The van der Waals surface area contributed by atoms with Crippen LogP contribution in [-0.2, 0) is 0 Å². The molecule has 0 heterocycles. The number of ether oxygens (including phenoxy) is 1. The molecule has 1 aromatic rings. The normalized spacial score (nSPS) is 11.5.